The number of nitrogens with zero attached hydrogens (tertiary/aromatic N) is 2. The molecule has 0 saturated carbocycles. The number of hydrogen-bond donors (Lipinski definition) is 1. The molecule has 0 aliphatic heterocycles. The predicted octanol–water partition coefficient (Wildman–Crippen LogP) is 2.81. The van der Waals surface area contributed by atoms with Gasteiger partial charge in [-0.05, 0) is 33.0 Å². The third-order valence-electron chi connectivity index (χ3n) is 2.64. The number of amides is 1. The molecule has 1 aromatic rings. The lowest BCUT2D eigenvalue weighted by molar-refractivity contribution is -0.132. The van der Waals surface area contributed by atoms with Crippen LogP contribution in [0, 0.1) is 22.2 Å². The lowest BCUT2D eigenvalue weighted by Crippen LogP contribution is -2.38. The Morgan fingerprint density at radius 3 is 2.72 bits per heavy atom. The van der Waals surface area contributed by atoms with E-state index in [-0.39, 0.29) is 11.9 Å². The van der Waals surface area contributed by atoms with Gasteiger partial charge in [-0.1, -0.05) is 0 Å². The van der Waals surface area contributed by atoms with Gasteiger partial charge in [0, 0.05) is 23.2 Å². The Morgan fingerprint density at radius 1 is 1.61 bits per heavy atom. The van der Waals surface area contributed by atoms with Crippen LogP contribution in [-0.2, 0) is 11.2 Å². The molecule has 0 radical (unpaired) electrons. The smallest absolute Gasteiger partial charge is 0.228 e. The molecule has 0 saturated heterocycles. The molecular formula is C12H17N3OS2. The first-order chi connectivity index (χ1) is 8.45. The molecule has 0 bridgehead atoms. The van der Waals surface area contributed by atoms with Crippen LogP contribution in [0.1, 0.15) is 30.8 Å². The van der Waals surface area contributed by atoms with Gasteiger partial charge in [-0.15, -0.1) is 11.3 Å². The molecule has 1 rings (SSSR count). The van der Waals surface area contributed by atoms with Crippen molar-refractivity contribution in [2.75, 3.05) is 6.54 Å². The van der Waals surface area contributed by atoms with Crippen molar-refractivity contribution in [3.05, 3.63) is 14.5 Å². The fraction of sp³-hybridized carbons (Fsp3) is 0.583. The van der Waals surface area contributed by atoms with Gasteiger partial charge < -0.3 is 9.88 Å². The molecule has 1 N–H and O–H groups in total. The molecule has 0 aliphatic carbocycles. The van der Waals surface area contributed by atoms with E-state index >= 15 is 0 Å². The van der Waals surface area contributed by atoms with E-state index < -0.39 is 0 Å². The normalized spacial score (nSPS) is 10.4. The second-order valence-electron chi connectivity index (χ2n) is 4.33. The van der Waals surface area contributed by atoms with E-state index in [1.807, 2.05) is 20.8 Å². The molecule has 0 aliphatic rings. The average Bonchev–Trinajstić information content (AvgIpc) is 2.57. The summed E-state index contributed by atoms with van der Waals surface area (Å²) in [6, 6.07) is 2.18. The van der Waals surface area contributed by atoms with Gasteiger partial charge >= 0.3 is 0 Å². The summed E-state index contributed by atoms with van der Waals surface area (Å²) in [4.78, 5) is 18.0. The van der Waals surface area contributed by atoms with Crippen LogP contribution in [0.3, 0.4) is 0 Å². The number of carbonyl (C=O) groups excluding carboxylic acids is 1. The summed E-state index contributed by atoms with van der Waals surface area (Å²) in [5.41, 5.74) is 0.960. The maximum absolute atomic E-state index is 12.2. The van der Waals surface area contributed by atoms with E-state index in [9.17, 15) is 4.79 Å². The fourth-order valence-corrected chi connectivity index (χ4v) is 2.97. The van der Waals surface area contributed by atoms with Crippen molar-refractivity contribution >= 4 is 29.5 Å². The number of rotatable bonds is 5. The number of thiazole rings is 1. The standard InChI is InChI=1S/C12H17N3OS2/c1-8(2)15(6-4-5-13)11(16)7-10-9(3)14-12(17)18-10/h8H,4,6-7H2,1-3H3,(H,14,17). The summed E-state index contributed by atoms with van der Waals surface area (Å²) in [6.07, 6.45) is 0.721. The summed E-state index contributed by atoms with van der Waals surface area (Å²) >= 11 is 6.50. The van der Waals surface area contributed by atoms with Crippen LogP contribution in [0.2, 0.25) is 0 Å². The van der Waals surface area contributed by atoms with E-state index in [1.54, 1.807) is 4.90 Å². The SMILES string of the molecule is Cc1[nH]c(=S)sc1CC(=O)N(CCC#N)C(C)C. The first-order valence-electron chi connectivity index (χ1n) is 5.80. The number of aromatic amines is 1. The quantitative estimate of drug-likeness (QED) is 0.845. The van der Waals surface area contributed by atoms with E-state index in [4.69, 9.17) is 17.5 Å². The molecule has 18 heavy (non-hydrogen) atoms. The van der Waals surface area contributed by atoms with E-state index in [0.29, 0.717) is 23.3 Å². The first-order valence-corrected chi connectivity index (χ1v) is 7.03. The van der Waals surface area contributed by atoms with Crippen LogP contribution >= 0.6 is 23.6 Å². The van der Waals surface area contributed by atoms with Gasteiger partial charge in [-0.3, -0.25) is 4.79 Å². The summed E-state index contributed by atoms with van der Waals surface area (Å²) in [6.45, 7) is 6.33. The molecule has 0 atom stereocenters. The number of carbonyl (C=O) groups is 1. The minimum absolute atomic E-state index is 0.0496. The number of nitriles is 1. The second kappa shape index (κ2) is 6.66. The summed E-state index contributed by atoms with van der Waals surface area (Å²) in [5.74, 6) is 0.0496. The maximum Gasteiger partial charge on any atom is 0.228 e. The van der Waals surface area contributed by atoms with Crippen LogP contribution in [0.4, 0.5) is 0 Å². The number of hydrogen-bond acceptors (Lipinski definition) is 4. The highest BCUT2D eigenvalue weighted by atomic mass is 32.1. The zero-order valence-electron chi connectivity index (χ0n) is 10.8. The second-order valence-corrected chi connectivity index (χ2v) is 6.10. The molecule has 6 heteroatoms. The van der Waals surface area contributed by atoms with E-state index in [0.717, 1.165) is 10.6 Å². The van der Waals surface area contributed by atoms with Gasteiger partial charge in [0.15, 0.2) is 3.95 Å². The Kier molecular flexibility index (Phi) is 5.51. The summed E-state index contributed by atoms with van der Waals surface area (Å²) < 4.78 is 0.698. The van der Waals surface area contributed by atoms with Gasteiger partial charge in [0.2, 0.25) is 5.91 Å². The van der Waals surface area contributed by atoms with Crippen LogP contribution in [0.5, 0.6) is 0 Å². The third-order valence-corrected chi connectivity index (χ3v) is 3.98. The highest BCUT2D eigenvalue weighted by Crippen LogP contribution is 2.16. The Balaban J connectivity index is 2.76. The average molecular weight is 283 g/mol. The fourth-order valence-electron chi connectivity index (χ4n) is 1.69. The first kappa shape index (κ1) is 14.9. The number of H-pyrrole nitrogens is 1. The third kappa shape index (κ3) is 3.93. The zero-order chi connectivity index (χ0) is 13.7. The Labute approximate surface area is 116 Å². The summed E-state index contributed by atoms with van der Waals surface area (Å²) in [7, 11) is 0. The van der Waals surface area contributed by atoms with E-state index in [2.05, 4.69) is 11.1 Å². The maximum atomic E-state index is 12.2. The minimum Gasteiger partial charge on any atom is -0.341 e. The monoisotopic (exact) mass is 283 g/mol. The Morgan fingerprint density at radius 2 is 2.28 bits per heavy atom. The molecule has 1 aromatic heterocycles. The highest BCUT2D eigenvalue weighted by Gasteiger charge is 2.18. The Hall–Kier alpha value is -1.19. The van der Waals surface area contributed by atoms with Crippen molar-refractivity contribution in [2.45, 2.75) is 39.7 Å². The number of aromatic nitrogens is 1. The molecule has 4 nitrogen and oxygen atoms in total. The number of aryl methyl sites for hydroxylation is 1. The van der Waals surface area contributed by atoms with Gasteiger partial charge in [-0.2, -0.15) is 5.26 Å². The molecule has 0 aromatic carbocycles. The van der Waals surface area contributed by atoms with Crippen molar-refractivity contribution in [3.8, 4) is 6.07 Å². The summed E-state index contributed by atoms with van der Waals surface area (Å²) in [5, 5.41) is 8.61. The van der Waals surface area contributed by atoms with E-state index in [1.165, 1.54) is 11.3 Å². The lowest BCUT2D eigenvalue weighted by Gasteiger charge is -2.25. The van der Waals surface area contributed by atoms with Crippen LogP contribution in [0.25, 0.3) is 0 Å². The number of nitrogens with one attached hydrogen (secondary N) is 1. The predicted molar refractivity (Wildman–Crippen MR) is 75.0 cm³/mol. The minimum atomic E-state index is 0.0496. The van der Waals surface area contributed by atoms with Crippen molar-refractivity contribution in [1.29, 1.82) is 5.26 Å². The van der Waals surface area contributed by atoms with Gasteiger partial charge in [-0.25, -0.2) is 0 Å². The van der Waals surface area contributed by atoms with Crippen molar-refractivity contribution in [1.82, 2.24) is 9.88 Å². The van der Waals surface area contributed by atoms with Crippen molar-refractivity contribution in [2.24, 2.45) is 0 Å². The Bertz CT molecular complexity index is 510. The molecule has 1 heterocycles. The molecule has 0 unspecified atom stereocenters. The zero-order valence-corrected chi connectivity index (χ0v) is 12.5. The topological polar surface area (TPSA) is 59.9 Å². The van der Waals surface area contributed by atoms with Gasteiger partial charge in [0.05, 0.1) is 18.9 Å². The molecular weight excluding hydrogens is 266 g/mol. The van der Waals surface area contributed by atoms with Gasteiger partial charge in [0.1, 0.15) is 0 Å². The van der Waals surface area contributed by atoms with Gasteiger partial charge in [0.25, 0.3) is 0 Å². The van der Waals surface area contributed by atoms with Crippen molar-refractivity contribution in [3.63, 3.8) is 0 Å². The lowest BCUT2D eigenvalue weighted by atomic mass is 10.2. The highest BCUT2D eigenvalue weighted by molar-refractivity contribution is 7.73. The van der Waals surface area contributed by atoms with Crippen LogP contribution < -0.4 is 0 Å². The van der Waals surface area contributed by atoms with Crippen LogP contribution in [0.15, 0.2) is 0 Å². The largest absolute Gasteiger partial charge is 0.341 e. The molecule has 0 fully saturated rings. The molecule has 0 spiro atoms. The van der Waals surface area contributed by atoms with Crippen LogP contribution in [-0.4, -0.2) is 28.4 Å². The molecule has 1 amide bonds. The molecule has 98 valence electrons. The van der Waals surface area contributed by atoms with Crippen molar-refractivity contribution < 1.29 is 4.79 Å².